The van der Waals surface area contributed by atoms with Crippen molar-refractivity contribution in [3.63, 3.8) is 0 Å². The number of carboxylic acid groups (broad SMARTS) is 1. The Hall–Kier alpha value is -1.89. The van der Waals surface area contributed by atoms with Gasteiger partial charge in [0.15, 0.2) is 0 Å². The Morgan fingerprint density at radius 3 is 2.27 bits per heavy atom. The summed E-state index contributed by atoms with van der Waals surface area (Å²) >= 11 is 0. The summed E-state index contributed by atoms with van der Waals surface area (Å²) in [6.45, 7) is 15.2. The van der Waals surface area contributed by atoms with Crippen molar-refractivity contribution in [1.82, 2.24) is 20.2 Å². The van der Waals surface area contributed by atoms with Gasteiger partial charge in [-0.2, -0.15) is 0 Å². The lowest BCUT2D eigenvalue weighted by molar-refractivity contribution is -0.131. The van der Waals surface area contributed by atoms with Crippen molar-refractivity contribution in [2.75, 3.05) is 20.1 Å². The molecule has 1 aromatic heterocycles. The summed E-state index contributed by atoms with van der Waals surface area (Å²) in [5.41, 5.74) is 1.04. The predicted molar refractivity (Wildman–Crippen MR) is 108 cm³/mol. The van der Waals surface area contributed by atoms with Crippen LogP contribution in [-0.2, 0) is 9.59 Å². The first-order valence-electron chi connectivity index (χ1n) is 9.58. The van der Waals surface area contributed by atoms with Crippen molar-refractivity contribution >= 4 is 12.4 Å². The third-order valence-electron chi connectivity index (χ3n) is 2.94. The first-order chi connectivity index (χ1) is 12.5. The molecule has 1 saturated heterocycles. The summed E-state index contributed by atoms with van der Waals surface area (Å²) in [5.74, 6) is 1.07. The second-order valence-electron chi connectivity index (χ2n) is 5.04. The first-order valence-corrected chi connectivity index (χ1v) is 9.58. The van der Waals surface area contributed by atoms with E-state index in [-0.39, 0.29) is 18.4 Å². The number of aromatic amines is 1. The molecule has 0 bridgehead atoms. The molecule has 7 nitrogen and oxygen atoms in total. The number of hydrogen-bond donors (Lipinski definition) is 3. The maximum atomic E-state index is 11.9. The number of likely N-dealkylation sites (N-methyl/N-ethyl adjacent to an activating group) is 1. The SMILES string of the molecule is CC.CC.CCC.CNCC(=O)N1CCCC1c1ncc(C)[nH]1.O=CO. The maximum absolute atomic E-state index is 11.9. The molecule has 1 aromatic rings. The molecule has 0 aromatic carbocycles. The minimum atomic E-state index is -0.250. The smallest absolute Gasteiger partial charge is 0.290 e. The molecular weight excluding hydrogens is 332 g/mol. The van der Waals surface area contributed by atoms with E-state index in [0.29, 0.717) is 6.54 Å². The van der Waals surface area contributed by atoms with Gasteiger partial charge in [-0.05, 0) is 26.8 Å². The fraction of sp³-hybridized carbons (Fsp3) is 0.737. The highest BCUT2D eigenvalue weighted by Gasteiger charge is 2.31. The van der Waals surface area contributed by atoms with Crippen molar-refractivity contribution in [2.24, 2.45) is 0 Å². The minimum absolute atomic E-state index is 0.134. The van der Waals surface area contributed by atoms with E-state index in [1.54, 1.807) is 7.05 Å². The highest BCUT2D eigenvalue weighted by molar-refractivity contribution is 5.78. The van der Waals surface area contributed by atoms with Gasteiger partial charge in [0.05, 0.1) is 12.6 Å². The number of aryl methyl sites for hydroxylation is 1. The first kappa shape index (κ1) is 28.9. The van der Waals surface area contributed by atoms with Gasteiger partial charge in [0, 0.05) is 18.4 Å². The molecule has 1 unspecified atom stereocenters. The van der Waals surface area contributed by atoms with Gasteiger partial charge in [0.2, 0.25) is 5.91 Å². The summed E-state index contributed by atoms with van der Waals surface area (Å²) in [5, 5.41) is 9.79. The second-order valence-corrected chi connectivity index (χ2v) is 5.04. The zero-order valence-electron chi connectivity index (χ0n) is 17.9. The highest BCUT2D eigenvalue weighted by Crippen LogP contribution is 2.29. The normalized spacial score (nSPS) is 14.2. The van der Waals surface area contributed by atoms with Crippen LogP contribution in [0.2, 0.25) is 0 Å². The van der Waals surface area contributed by atoms with Crippen LogP contribution in [0.15, 0.2) is 6.20 Å². The standard InChI is InChI=1S/C11H18N4O.C3H8.2C2H6.CH2O2/c1-8-6-13-11(14-8)9-4-3-5-15(9)10(16)7-12-2;1-3-2;2*1-2;2-1-3/h6,9,12H,3-5,7H2,1-2H3,(H,13,14);3H2,1-2H3;2*1-2H3;1H,(H,2,3). The van der Waals surface area contributed by atoms with E-state index in [2.05, 4.69) is 29.1 Å². The average Bonchev–Trinajstić information content (AvgIpc) is 3.29. The van der Waals surface area contributed by atoms with Gasteiger partial charge < -0.3 is 20.3 Å². The average molecular weight is 373 g/mol. The van der Waals surface area contributed by atoms with E-state index >= 15 is 0 Å². The van der Waals surface area contributed by atoms with Crippen LogP contribution >= 0.6 is 0 Å². The number of rotatable bonds is 3. The molecule has 2 rings (SSSR count). The Bertz CT molecular complexity index is 436. The summed E-state index contributed by atoms with van der Waals surface area (Å²) in [6, 6.07) is 0.134. The Morgan fingerprint density at radius 1 is 1.38 bits per heavy atom. The molecule has 7 heteroatoms. The van der Waals surface area contributed by atoms with Crippen molar-refractivity contribution in [3.05, 3.63) is 17.7 Å². The van der Waals surface area contributed by atoms with Crippen LogP contribution in [0.4, 0.5) is 0 Å². The zero-order valence-corrected chi connectivity index (χ0v) is 17.9. The summed E-state index contributed by atoms with van der Waals surface area (Å²) < 4.78 is 0. The van der Waals surface area contributed by atoms with Crippen LogP contribution in [-0.4, -0.2) is 52.5 Å². The molecule has 2 heterocycles. The fourth-order valence-electron chi connectivity index (χ4n) is 2.20. The lowest BCUT2D eigenvalue weighted by atomic mass is 10.2. The third-order valence-corrected chi connectivity index (χ3v) is 2.94. The van der Waals surface area contributed by atoms with Crippen LogP contribution in [0.5, 0.6) is 0 Å². The maximum Gasteiger partial charge on any atom is 0.290 e. The number of nitrogens with one attached hydrogen (secondary N) is 2. The van der Waals surface area contributed by atoms with E-state index in [4.69, 9.17) is 9.90 Å². The largest absolute Gasteiger partial charge is 0.483 e. The van der Waals surface area contributed by atoms with Gasteiger partial charge in [0.1, 0.15) is 5.82 Å². The van der Waals surface area contributed by atoms with Crippen molar-refractivity contribution < 1.29 is 14.7 Å². The molecule has 0 radical (unpaired) electrons. The molecular formula is C19H40N4O3. The van der Waals surface area contributed by atoms with Crippen LogP contribution in [0.25, 0.3) is 0 Å². The molecule has 1 atom stereocenters. The van der Waals surface area contributed by atoms with E-state index in [1.165, 1.54) is 6.42 Å². The predicted octanol–water partition coefficient (Wildman–Crippen LogP) is 3.77. The van der Waals surface area contributed by atoms with Gasteiger partial charge in [-0.1, -0.05) is 48.0 Å². The molecule has 154 valence electrons. The number of imidazole rings is 1. The van der Waals surface area contributed by atoms with Gasteiger partial charge in [-0.25, -0.2) is 4.98 Å². The fourth-order valence-corrected chi connectivity index (χ4v) is 2.20. The number of H-pyrrole nitrogens is 1. The summed E-state index contributed by atoms with van der Waals surface area (Å²) in [7, 11) is 1.79. The van der Waals surface area contributed by atoms with Crippen molar-refractivity contribution in [2.45, 2.75) is 73.8 Å². The van der Waals surface area contributed by atoms with E-state index < -0.39 is 0 Å². The van der Waals surface area contributed by atoms with Crippen LogP contribution in [0.3, 0.4) is 0 Å². The highest BCUT2D eigenvalue weighted by atomic mass is 16.3. The topological polar surface area (TPSA) is 98.3 Å². The Kier molecular flexibility index (Phi) is 23.5. The number of carbonyl (C=O) groups excluding carboxylic acids is 1. The third kappa shape index (κ3) is 12.5. The number of aromatic nitrogens is 2. The minimum Gasteiger partial charge on any atom is -0.483 e. The van der Waals surface area contributed by atoms with Crippen LogP contribution < -0.4 is 5.32 Å². The van der Waals surface area contributed by atoms with E-state index in [9.17, 15) is 4.79 Å². The van der Waals surface area contributed by atoms with Crippen LogP contribution in [0, 0.1) is 6.92 Å². The molecule has 26 heavy (non-hydrogen) atoms. The molecule has 1 aliphatic heterocycles. The molecule has 0 spiro atoms. The van der Waals surface area contributed by atoms with E-state index in [0.717, 1.165) is 30.9 Å². The van der Waals surface area contributed by atoms with Crippen molar-refractivity contribution in [1.29, 1.82) is 0 Å². The van der Waals surface area contributed by atoms with Gasteiger partial charge >= 0.3 is 0 Å². The Morgan fingerprint density at radius 2 is 1.88 bits per heavy atom. The zero-order chi connectivity index (χ0) is 21.0. The van der Waals surface area contributed by atoms with Gasteiger partial charge in [-0.15, -0.1) is 0 Å². The number of carbonyl (C=O) groups is 2. The molecule has 3 N–H and O–H groups in total. The lowest BCUT2D eigenvalue weighted by Crippen LogP contribution is -2.37. The molecule has 0 saturated carbocycles. The van der Waals surface area contributed by atoms with E-state index in [1.807, 2.05) is 45.7 Å². The number of nitrogens with zero attached hydrogens (tertiary/aromatic N) is 2. The van der Waals surface area contributed by atoms with Gasteiger partial charge in [-0.3, -0.25) is 9.59 Å². The summed E-state index contributed by atoms with van der Waals surface area (Å²) in [4.78, 5) is 29.7. The summed E-state index contributed by atoms with van der Waals surface area (Å²) in [6.07, 6.45) is 5.12. The molecule has 1 aliphatic rings. The quantitative estimate of drug-likeness (QED) is 0.702. The number of likely N-dealkylation sites (tertiary alicyclic amines) is 1. The monoisotopic (exact) mass is 372 g/mol. The second kappa shape index (κ2) is 21.2. The van der Waals surface area contributed by atoms with Crippen LogP contribution in [0.1, 0.15) is 78.4 Å². The molecule has 1 fully saturated rings. The Labute approximate surface area is 159 Å². The van der Waals surface area contributed by atoms with Crippen molar-refractivity contribution in [3.8, 4) is 0 Å². The molecule has 0 aliphatic carbocycles. The Balaban J connectivity index is -0.000000450. The number of amides is 1. The number of hydrogen-bond acceptors (Lipinski definition) is 4. The van der Waals surface area contributed by atoms with Gasteiger partial charge in [0.25, 0.3) is 6.47 Å². The molecule has 1 amide bonds. The lowest BCUT2D eigenvalue weighted by Gasteiger charge is -2.23.